The summed E-state index contributed by atoms with van der Waals surface area (Å²) in [4.78, 5) is 10.8. The summed E-state index contributed by atoms with van der Waals surface area (Å²) in [6, 6.07) is 7.69. The lowest BCUT2D eigenvalue weighted by Gasteiger charge is -2.10. The van der Waals surface area contributed by atoms with Crippen LogP contribution in [-0.4, -0.2) is 12.7 Å². The van der Waals surface area contributed by atoms with Crippen molar-refractivity contribution in [1.29, 1.82) is 0 Å². The van der Waals surface area contributed by atoms with Crippen LogP contribution in [0.2, 0.25) is 6.32 Å². The predicted octanol–water partition coefficient (Wildman–Crippen LogP) is 1.98. The molecule has 0 radical (unpaired) electrons. The summed E-state index contributed by atoms with van der Waals surface area (Å²) < 4.78 is 4.99. The number of esters is 1. The monoisotopic (exact) mass is 212 g/mol. The summed E-state index contributed by atoms with van der Waals surface area (Å²) >= 11 is 0. The average Bonchev–Trinajstić information content (AvgIpc) is 2.30. The molecule has 0 unspecified atom stereocenters. The molecule has 1 heterocycles. The number of hydrogen-bond acceptors (Lipinski definition) is 2. The van der Waals surface area contributed by atoms with Gasteiger partial charge in [0.25, 0.3) is 0 Å². The van der Waals surface area contributed by atoms with Crippen LogP contribution < -0.4 is 10.2 Å². The Morgan fingerprint density at radius 1 is 1.25 bits per heavy atom. The summed E-state index contributed by atoms with van der Waals surface area (Å²) in [6.07, 6.45) is 7.31. The minimum Gasteiger partial charge on any atom is -0.427 e. The van der Waals surface area contributed by atoms with Crippen LogP contribution in [0.3, 0.4) is 0 Å². The largest absolute Gasteiger partial charge is 0.427 e. The van der Waals surface area contributed by atoms with Crippen molar-refractivity contribution in [1.82, 2.24) is 0 Å². The standard InChI is InChI=1S/C13H13BO2/c1-11(15)16-13-7-5-12(6-8-13)14-9-3-2-4-10-14/h2-9H,10H2,1H3. The first-order valence-electron chi connectivity index (χ1n) is 5.37. The van der Waals surface area contributed by atoms with Crippen molar-refractivity contribution in [2.45, 2.75) is 13.2 Å². The van der Waals surface area contributed by atoms with Crippen molar-refractivity contribution < 1.29 is 9.53 Å². The smallest absolute Gasteiger partial charge is 0.308 e. The van der Waals surface area contributed by atoms with Crippen molar-refractivity contribution >= 4 is 18.1 Å². The summed E-state index contributed by atoms with van der Waals surface area (Å²) in [5.74, 6) is 2.50. The fourth-order valence-electron chi connectivity index (χ4n) is 1.78. The van der Waals surface area contributed by atoms with Gasteiger partial charge in [-0.15, -0.1) is 5.98 Å². The van der Waals surface area contributed by atoms with Crippen LogP contribution >= 0.6 is 0 Å². The van der Waals surface area contributed by atoms with E-state index in [1.54, 1.807) is 0 Å². The third-order valence-corrected chi connectivity index (χ3v) is 2.55. The summed E-state index contributed by atoms with van der Waals surface area (Å²) in [5.41, 5.74) is 1.25. The van der Waals surface area contributed by atoms with Gasteiger partial charge < -0.3 is 4.74 Å². The highest BCUT2D eigenvalue weighted by Crippen LogP contribution is 2.10. The van der Waals surface area contributed by atoms with Crippen LogP contribution in [0.5, 0.6) is 5.75 Å². The first-order chi connectivity index (χ1) is 7.75. The number of carbonyl (C=O) groups is 1. The van der Waals surface area contributed by atoms with E-state index in [0.717, 1.165) is 6.32 Å². The van der Waals surface area contributed by atoms with Gasteiger partial charge in [-0.05, 0) is 18.5 Å². The molecule has 1 aliphatic heterocycles. The molecular formula is C13H13BO2. The zero-order valence-corrected chi connectivity index (χ0v) is 9.22. The van der Waals surface area contributed by atoms with Gasteiger partial charge in [0.1, 0.15) is 5.75 Å². The highest BCUT2D eigenvalue weighted by Gasteiger charge is 2.12. The molecule has 0 aliphatic carbocycles. The molecule has 0 aromatic heterocycles. The van der Waals surface area contributed by atoms with E-state index in [1.807, 2.05) is 24.3 Å². The van der Waals surface area contributed by atoms with Gasteiger partial charge in [0, 0.05) is 6.92 Å². The van der Waals surface area contributed by atoms with Gasteiger partial charge in [-0.2, -0.15) is 0 Å². The molecule has 0 fully saturated rings. The van der Waals surface area contributed by atoms with Gasteiger partial charge in [-0.1, -0.05) is 35.8 Å². The van der Waals surface area contributed by atoms with Gasteiger partial charge in [-0.25, -0.2) is 0 Å². The third-order valence-electron chi connectivity index (χ3n) is 2.55. The van der Waals surface area contributed by atoms with E-state index in [4.69, 9.17) is 4.74 Å². The average molecular weight is 212 g/mol. The number of rotatable bonds is 2. The molecule has 0 N–H and O–H groups in total. The number of hydrogen-bond donors (Lipinski definition) is 0. The molecule has 2 rings (SSSR count). The van der Waals surface area contributed by atoms with E-state index in [2.05, 4.69) is 24.2 Å². The minimum absolute atomic E-state index is 0.284. The van der Waals surface area contributed by atoms with E-state index in [0.29, 0.717) is 12.5 Å². The molecule has 0 atom stereocenters. The zero-order valence-electron chi connectivity index (χ0n) is 9.22. The Bertz CT molecular complexity index is 432. The molecule has 0 amide bonds. The second-order valence-electron chi connectivity index (χ2n) is 3.82. The van der Waals surface area contributed by atoms with Crippen LogP contribution in [0.4, 0.5) is 0 Å². The van der Waals surface area contributed by atoms with Crippen LogP contribution in [0, 0.1) is 0 Å². The van der Waals surface area contributed by atoms with Gasteiger partial charge in [-0.3, -0.25) is 4.79 Å². The molecule has 1 aliphatic rings. The Kier molecular flexibility index (Phi) is 3.25. The Labute approximate surface area is 95.7 Å². The summed E-state index contributed by atoms with van der Waals surface area (Å²) in [6.45, 7) is 1.85. The van der Waals surface area contributed by atoms with E-state index in [-0.39, 0.29) is 5.97 Å². The van der Waals surface area contributed by atoms with Crippen molar-refractivity contribution in [3.8, 4) is 5.75 Å². The Balaban J connectivity index is 2.10. The SMILES string of the molecule is CC(=O)Oc1ccc(B2C=CC=CC2)cc1. The molecule has 0 spiro atoms. The number of carbonyl (C=O) groups excluding carboxylic acids is 1. The molecule has 80 valence electrons. The zero-order chi connectivity index (χ0) is 11.4. The third kappa shape index (κ3) is 2.63. The van der Waals surface area contributed by atoms with Crippen molar-refractivity contribution in [3.05, 3.63) is 48.5 Å². The molecule has 3 heteroatoms. The lowest BCUT2D eigenvalue weighted by molar-refractivity contribution is -0.131. The Morgan fingerprint density at radius 2 is 2.00 bits per heavy atom. The van der Waals surface area contributed by atoms with E-state index < -0.39 is 0 Å². The van der Waals surface area contributed by atoms with Crippen molar-refractivity contribution in [3.63, 3.8) is 0 Å². The van der Waals surface area contributed by atoms with Crippen LogP contribution in [0.25, 0.3) is 0 Å². The van der Waals surface area contributed by atoms with Crippen molar-refractivity contribution in [2.75, 3.05) is 0 Å². The fraction of sp³-hybridized carbons (Fsp3) is 0.154. The molecule has 16 heavy (non-hydrogen) atoms. The molecule has 2 nitrogen and oxygen atoms in total. The Morgan fingerprint density at radius 3 is 2.56 bits per heavy atom. The van der Waals surface area contributed by atoms with Crippen LogP contribution in [-0.2, 0) is 4.79 Å². The van der Waals surface area contributed by atoms with Crippen LogP contribution in [0.15, 0.2) is 48.5 Å². The lowest BCUT2D eigenvalue weighted by atomic mass is 9.42. The first-order valence-corrected chi connectivity index (χ1v) is 5.37. The summed E-state index contributed by atoms with van der Waals surface area (Å²) in [5, 5.41) is 0. The highest BCUT2D eigenvalue weighted by atomic mass is 16.5. The molecule has 1 aromatic rings. The second-order valence-corrected chi connectivity index (χ2v) is 3.82. The van der Waals surface area contributed by atoms with Gasteiger partial charge in [0.05, 0.1) is 0 Å². The lowest BCUT2D eigenvalue weighted by Crippen LogP contribution is -2.28. The second kappa shape index (κ2) is 4.84. The fourth-order valence-corrected chi connectivity index (χ4v) is 1.78. The quantitative estimate of drug-likeness (QED) is 0.425. The molecule has 0 saturated heterocycles. The molecule has 0 saturated carbocycles. The summed E-state index contributed by atoms with van der Waals surface area (Å²) in [7, 11) is 0. The van der Waals surface area contributed by atoms with Gasteiger partial charge in [0.15, 0.2) is 0 Å². The maximum Gasteiger partial charge on any atom is 0.308 e. The topological polar surface area (TPSA) is 26.3 Å². The minimum atomic E-state index is -0.284. The van der Waals surface area contributed by atoms with E-state index in [9.17, 15) is 4.79 Å². The molecular weight excluding hydrogens is 199 g/mol. The maximum absolute atomic E-state index is 10.8. The van der Waals surface area contributed by atoms with Gasteiger partial charge >= 0.3 is 5.97 Å². The first kappa shape index (κ1) is 10.7. The van der Waals surface area contributed by atoms with Gasteiger partial charge in [0.2, 0.25) is 6.71 Å². The number of allylic oxidation sites excluding steroid dienone is 3. The van der Waals surface area contributed by atoms with Crippen molar-refractivity contribution in [2.24, 2.45) is 0 Å². The maximum atomic E-state index is 10.8. The normalized spacial score (nSPS) is 13.9. The molecule has 1 aromatic carbocycles. The van der Waals surface area contributed by atoms with Crippen LogP contribution in [0.1, 0.15) is 6.92 Å². The Hall–Kier alpha value is -1.77. The number of ether oxygens (including phenoxy) is 1. The highest BCUT2D eigenvalue weighted by molar-refractivity contribution is 6.78. The van der Waals surface area contributed by atoms with E-state index in [1.165, 1.54) is 12.4 Å². The number of benzene rings is 1. The molecule has 0 bridgehead atoms. The predicted molar refractivity (Wildman–Crippen MR) is 66.2 cm³/mol. The van der Waals surface area contributed by atoms with E-state index >= 15 is 0 Å².